The molecule has 0 aliphatic carbocycles. The van der Waals surface area contributed by atoms with Crippen molar-refractivity contribution in [2.45, 2.75) is 18.4 Å². The van der Waals surface area contributed by atoms with Crippen molar-refractivity contribution in [3.8, 4) is 11.5 Å². The molecular weight excluding hydrogens is 458 g/mol. The molecule has 36 heavy (non-hydrogen) atoms. The van der Waals surface area contributed by atoms with Crippen LogP contribution in [0.5, 0.6) is 11.5 Å². The van der Waals surface area contributed by atoms with Gasteiger partial charge in [0.1, 0.15) is 6.54 Å². The van der Waals surface area contributed by atoms with Gasteiger partial charge in [-0.2, -0.15) is 0 Å². The Bertz CT molecular complexity index is 1230. The van der Waals surface area contributed by atoms with Crippen LogP contribution in [0.25, 0.3) is 0 Å². The first-order valence-electron chi connectivity index (χ1n) is 11.7. The average Bonchev–Trinajstić information content (AvgIpc) is 3.14. The Morgan fingerprint density at radius 3 is 2.22 bits per heavy atom. The summed E-state index contributed by atoms with van der Waals surface area (Å²) in [6.07, 6.45) is 0.827. The summed E-state index contributed by atoms with van der Waals surface area (Å²) in [5.41, 5.74) is 1.24. The first-order valence-corrected chi connectivity index (χ1v) is 11.7. The highest BCUT2D eigenvalue weighted by Gasteiger charge is 2.52. The topological polar surface area (TPSA) is 97.0 Å². The van der Waals surface area contributed by atoms with Gasteiger partial charge in [0.2, 0.25) is 5.91 Å². The fraction of sp³-hybridized carbons (Fsp3) is 0.250. The molecule has 0 unspecified atom stereocenters. The molecule has 0 spiro atoms. The van der Waals surface area contributed by atoms with Gasteiger partial charge in [0.15, 0.2) is 17.0 Å². The molecule has 0 saturated carbocycles. The van der Waals surface area contributed by atoms with Crippen LogP contribution in [0.3, 0.4) is 0 Å². The van der Waals surface area contributed by atoms with Crippen LogP contribution >= 0.6 is 0 Å². The Balaban J connectivity index is 1.44. The molecule has 0 radical (unpaired) electrons. The number of hydrogen-bond donors (Lipinski definition) is 2. The summed E-state index contributed by atoms with van der Waals surface area (Å²) in [5, 5.41) is 5.67. The second-order valence-electron chi connectivity index (χ2n) is 8.54. The lowest BCUT2D eigenvalue weighted by Gasteiger charge is -2.27. The van der Waals surface area contributed by atoms with Gasteiger partial charge in [-0.05, 0) is 35.2 Å². The van der Waals surface area contributed by atoms with Crippen molar-refractivity contribution >= 4 is 17.8 Å². The predicted molar refractivity (Wildman–Crippen MR) is 135 cm³/mol. The molecule has 3 aromatic rings. The first-order chi connectivity index (χ1) is 17.5. The van der Waals surface area contributed by atoms with E-state index in [2.05, 4.69) is 10.6 Å². The van der Waals surface area contributed by atoms with Gasteiger partial charge in [0.25, 0.3) is 5.91 Å². The third-order valence-corrected chi connectivity index (χ3v) is 6.24. The summed E-state index contributed by atoms with van der Waals surface area (Å²) in [4.78, 5) is 40.2. The Labute approximate surface area is 210 Å². The lowest BCUT2D eigenvalue weighted by Crippen LogP contribution is -2.47. The second-order valence-corrected chi connectivity index (χ2v) is 8.54. The normalized spacial score (nSPS) is 17.0. The van der Waals surface area contributed by atoms with E-state index >= 15 is 0 Å². The lowest BCUT2D eigenvalue weighted by atomic mass is 9.83. The van der Waals surface area contributed by atoms with Gasteiger partial charge in [0, 0.05) is 13.0 Å². The molecule has 4 rings (SSSR count). The van der Waals surface area contributed by atoms with E-state index in [4.69, 9.17) is 9.47 Å². The minimum atomic E-state index is -1.28. The van der Waals surface area contributed by atoms with Crippen LogP contribution in [-0.2, 0) is 28.0 Å². The third-order valence-electron chi connectivity index (χ3n) is 6.24. The Morgan fingerprint density at radius 2 is 1.56 bits per heavy atom. The van der Waals surface area contributed by atoms with Crippen molar-refractivity contribution < 1.29 is 23.9 Å². The van der Waals surface area contributed by atoms with Gasteiger partial charge in [-0.15, -0.1) is 0 Å². The standard InChI is InChI=1S/C28H29N3O5/c1-35-23-14-13-20(17-24(23)36-2)15-16-29-25(32)19-31-26(33)28(30-27(31)34,22-11-7-4-8-12-22)18-21-9-5-3-6-10-21/h3-14,17H,15-16,18-19H2,1-2H3,(H,29,32)(H,30,34)/t28-/m1/s1. The van der Waals surface area contributed by atoms with Crippen LogP contribution in [0.15, 0.2) is 78.9 Å². The maximum atomic E-state index is 13.6. The largest absolute Gasteiger partial charge is 0.493 e. The summed E-state index contributed by atoms with van der Waals surface area (Å²) in [6.45, 7) is -0.0220. The molecule has 8 heteroatoms. The number of benzene rings is 3. The molecule has 1 atom stereocenters. The van der Waals surface area contributed by atoms with E-state index in [1.54, 1.807) is 20.3 Å². The van der Waals surface area contributed by atoms with Gasteiger partial charge in [-0.1, -0.05) is 66.7 Å². The molecule has 0 bridgehead atoms. The minimum absolute atomic E-state index is 0.278. The number of urea groups is 1. The molecule has 3 aromatic carbocycles. The first kappa shape index (κ1) is 24.8. The number of nitrogens with one attached hydrogen (secondary N) is 2. The highest BCUT2D eigenvalue weighted by molar-refractivity contribution is 6.09. The lowest BCUT2D eigenvalue weighted by molar-refractivity contribution is -0.135. The molecule has 1 fully saturated rings. The van der Waals surface area contributed by atoms with E-state index < -0.39 is 23.4 Å². The maximum Gasteiger partial charge on any atom is 0.325 e. The Hall–Kier alpha value is -4.33. The van der Waals surface area contributed by atoms with Gasteiger partial charge in [-0.3, -0.25) is 14.5 Å². The quantitative estimate of drug-likeness (QED) is 0.429. The second kappa shape index (κ2) is 10.9. The minimum Gasteiger partial charge on any atom is -0.493 e. The van der Waals surface area contributed by atoms with Crippen LogP contribution in [0.4, 0.5) is 4.79 Å². The monoisotopic (exact) mass is 487 g/mol. The van der Waals surface area contributed by atoms with E-state index in [1.807, 2.05) is 72.8 Å². The van der Waals surface area contributed by atoms with Crippen LogP contribution in [0.1, 0.15) is 16.7 Å². The summed E-state index contributed by atoms with van der Waals surface area (Å²) in [5.74, 6) is 0.373. The van der Waals surface area contributed by atoms with Crippen LogP contribution in [0.2, 0.25) is 0 Å². The zero-order valence-corrected chi connectivity index (χ0v) is 20.3. The summed E-state index contributed by atoms with van der Waals surface area (Å²) >= 11 is 0. The molecule has 0 aromatic heterocycles. The predicted octanol–water partition coefficient (Wildman–Crippen LogP) is 3.05. The molecule has 1 saturated heterocycles. The molecule has 1 heterocycles. The fourth-order valence-electron chi connectivity index (χ4n) is 4.39. The highest BCUT2D eigenvalue weighted by atomic mass is 16.5. The number of carbonyl (C=O) groups excluding carboxylic acids is 3. The number of methoxy groups -OCH3 is 2. The molecule has 186 valence electrons. The molecule has 2 N–H and O–H groups in total. The van der Waals surface area contributed by atoms with Gasteiger partial charge >= 0.3 is 6.03 Å². The van der Waals surface area contributed by atoms with E-state index in [0.717, 1.165) is 16.0 Å². The molecule has 8 nitrogen and oxygen atoms in total. The van der Waals surface area contributed by atoms with Gasteiger partial charge < -0.3 is 20.1 Å². The van der Waals surface area contributed by atoms with Crippen molar-refractivity contribution in [3.63, 3.8) is 0 Å². The van der Waals surface area contributed by atoms with Crippen molar-refractivity contribution in [1.29, 1.82) is 0 Å². The highest BCUT2D eigenvalue weighted by Crippen LogP contribution is 2.33. The van der Waals surface area contributed by atoms with Gasteiger partial charge in [0.05, 0.1) is 14.2 Å². The number of imide groups is 1. The Kier molecular flexibility index (Phi) is 7.53. The van der Waals surface area contributed by atoms with E-state index in [1.165, 1.54) is 0 Å². The number of hydrogen-bond acceptors (Lipinski definition) is 5. The van der Waals surface area contributed by atoms with Crippen molar-refractivity contribution in [2.75, 3.05) is 27.3 Å². The smallest absolute Gasteiger partial charge is 0.325 e. The molecular formula is C28H29N3O5. The fourth-order valence-corrected chi connectivity index (χ4v) is 4.39. The van der Waals surface area contributed by atoms with Crippen LogP contribution < -0.4 is 20.1 Å². The number of amides is 4. The van der Waals surface area contributed by atoms with Crippen molar-refractivity contribution in [3.05, 3.63) is 95.6 Å². The zero-order valence-electron chi connectivity index (χ0n) is 20.3. The van der Waals surface area contributed by atoms with E-state index in [-0.39, 0.29) is 13.0 Å². The molecule has 1 aliphatic heterocycles. The van der Waals surface area contributed by atoms with Crippen LogP contribution in [0, 0.1) is 0 Å². The number of carbonyl (C=O) groups is 3. The molecule has 4 amide bonds. The number of nitrogens with zero attached hydrogens (tertiary/aromatic N) is 1. The van der Waals surface area contributed by atoms with Crippen molar-refractivity contribution in [1.82, 2.24) is 15.5 Å². The number of rotatable bonds is 10. The summed E-state index contributed by atoms with van der Waals surface area (Å²) < 4.78 is 10.6. The summed E-state index contributed by atoms with van der Waals surface area (Å²) in [7, 11) is 3.13. The van der Waals surface area contributed by atoms with Crippen molar-refractivity contribution in [2.24, 2.45) is 0 Å². The average molecular weight is 488 g/mol. The molecule has 1 aliphatic rings. The SMILES string of the molecule is COc1ccc(CCNC(=O)CN2C(=O)N[C@](Cc3ccccc3)(c3ccccc3)C2=O)cc1OC. The zero-order chi connectivity index (χ0) is 25.5. The van der Waals surface area contributed by atoms with E-state index in [9.17, 15) is 14.4 Å². The van der Waals surface area contributed by atoms with Gasteiger partial charge in [-0.25, -0.2) is 4.79 Å². The Morgan fingerprint density at radius 1 is 0.889 bits per heavy atom. The summed E-state index contributed by atoms with van der Waals surface area (Å²) in [6, 6.07) is 23.6. The van der Waals surface area contributed by atoms with E-state index in [0.29, 0.717) is 30.0 Å². The maximum absolute atomic E-state index is 13.6. The van der Waals surface area contributed by atoms with Crippen LogP contribution in [-0.4, -0.2) is 50.1 Å². The number of ether oxygens (including phenoxy) is 2. The third kappa shape index (κ3) is 5.17.